The quantitative estimate of drug-likeness (QED) is 0.242. The van der Waals surface area contributed by atoms with Crippen LogP contribution in [-0.4, -0.2) is 30.0 Å². The molecule has 0 bridgehead atoms. The van der Waals surface area contributed by atoms with Crippen LogP contribution in [0.4, 0.5) is 0 Å². The number of rotatable bonds is 1. The molecule has 0 amide bonds. The van der Waals surface area contributed by atoms with Gasteiger partial charge in [-0.3, -0.25) is 5.43 Å². The molecule has 0 atom stereocenters. The first-order chi connectivity index (χ1) is 5.24. The number of guanidine groups is 1. The lowest BCUT2D eigenvalue weighted by atomic mass is 10.2. The minimum Gasteiger partial charge on any atom is -0.342 e. The van der Waals surface area contributed by atoms with Crippen LogP contribution in [0, 0.1) is 0 Å². The molecule has 0 aromatic heterocycles. The molecule has 1 aliphatic rings. The van der Waals surface area contributed by atoms with Crippen molar-refractivity contribution >= 4 is 5.96 Å². The molecule has 0 unspecified atom stereocenters. The van der Waals surface area contributed by atoms with Crippen LogP contribution >= 0.6 is 0 Å². The van der Waals surface area contributed by atoms with Crippen molar-refractivity contribution in [3.8, 4) is 0 Å². The summed E-state index contributed by atoms with van der Waals surface area (Å²) in [6.45, 7) is 6.24. The van der Waals surface area contributed by atoms with Crippen LogP contribution in [0.1, 0.15) is 20.3 Å². The van der Waals surface area contributed by atoms with Gasteiger partial charge in [-0.15, -0.1) is 0 Å². The van der Waals surface area contributed by atoms with E-state index in [0.29, 0.717) is 6.04 Å². The maximum atomic E-state index is 5.31. The van der Waals surface area contributed by atoms with Gasteiger partial charge in [0.25, 0.3) is 0 Å². The minimum atomic E-state index is 0.307. The molecule has 4 heteroatoms. The number of hydrogen-bond donors (Lipinski definition) is 2. The third-order valence-corrected chi connectivity index (χ3v) is 1.67. The molecule has 1 aliphatic heterocycles. The SMILES string of the molecule is CC(C)N=C(NN)N1CCC1. The molecule has 64 valence electrons. The number of hydrogen-bond acceptors (Lipinski definition) is 2. The molecular weight excluding hydrogens is 140 g/mol. The average molecular weight is 156 g/mol. The Bertz CT molecular complexity index is 149. The first-order valence-corrected chi connectivity index (χ1v) is 4.03. The fourth-order valence-electron chi connectivity index (χ4n) is 0.983. The second-order valence-electron chi connectivity index (χ2n) is 3.03. The maximum absolute atomic E-state index is 5.31. The van der Waals surface area contributed by atoms with E-state index in [-0.39, 0.29) is 0 Å². The Morgan fingerprint density at radius 3 is 2.45 bits per heavy atom. The van der Waals surface area contributed by atoms with Crippen molar-refractivity contribution in [3.05, 3.63) is 0 Å². The fraction of sp³-hybridized carbons (Fsp3) is 0.857. The summed E-state index contributed by atoms with van der Waals surface area (Å²) in [4.78, 5) is 6.46. The molecule has 4 nitrogen and oxygen atoms in total. The summed E-state index contributed by atoms with van der Waals surface area (Å²) < 4.78 is 0. The van der Waals surface area contributed by atoms with E-state index in [1.54, 1.807) is 0 Å². The van der Waals surface area contributed by atoms with E-state index in [1.165, 1.54) is 6.42 Å². The smallest absolute Gasteiger partial charge is 0.208 e. The molecule has 0 radical (unpaired) electrons. The Morgan fingerprint density at radius 2 is 2.18 bits per heavy atom. The Hall–Kier alpha value is -0.770. The number of nitrogens with two attached hydrogens (primary N) is 1. The Balaban J connectivity index is 2.46. The van der Waals surface area contributed by atoms with E-state index >= 15 is 0 Å². The van der Waals surface area contributed by atoms with Gasteiger partial charge in [-0.25, -0.2) is 10.8 Å². The van der Waals surface area contributed by atoms with Crippen LogP contribution in [-0.2, 0) is 0 Å². The minimum absolute atomic E-state index is 0.307. The van der Waals surface area contributed by atoms with Gasteiger partial charge >= 0.3 is 0 Å². The van der Waals surface area contributed by atoms with Crippen LogP contribution in [0.25, 0.3) is 0 Å². The highest BCUT2D eigenvalue weighted by Crippen LogP contribution is 2.05. The zero-order valence-electron chi connectivity index (χ0n) is 7.17. The largest absolute Gasteiger partial charge is 0.342 e. The summed E-state index contributed by atoms with van der Waals surface area (Å²) in [6, 6.07) is 0.307. The zero-order valence-corrected chi connectivity index (χ0v) is 7.17. The van der Waals surface area contributed by atoms with Gasteiger partial charge in [-0.2, -0.15) is 0 Å². The van der Waals surface area contributed by atoms with Crippen molar-refractivity contribution in [3.63, 3.8) is 0 Å². The van der Waals surface area contributed by atoms with Gasteiger partial charge in [0.1, 0.15) is 0 Å². The summed E-state index contributed by atoms with van der Waals surface area (Å²) in [5.41, 5.74) is 2.61. The van der Waals surface area contributed by atoms with Crippen molar-refractivity contribution in [1.82, 2.24) is 10.3 Å². The molecule has 1 heterocycles. The zero-order chi connectivity index (χ0) is 8.27. The van der Waals surface area contributed by atoms with E-state index in [9.17, 15) is 0 Å². The molecule has 1 rings (SSSR count). The standard InChI is InChI=1S/C7H16N4/c1-6(2)9-7(10-8)11-4-3-5-11/h6H,3-5,8H2,1-2H3,(H,9,10). The highest BCUT2D eigenvalue weighted by Gasteiger charge is 2.17. The van der Waals surface area contributed by atoms with Crippen LogP contribution < -0.4 is 11.3 Å². The van der Waals surface area contributed by atoms with Crippen LogP contribution in [0.3, 0.4) is 0 Å². The molecule has 0 aliphatic carbocycles. The number of likely N-dealkylation sites (tertiary alicyclic amines) is 1. The monoisotopic (exact) mass is 156 g/mol. The number of nitrogens with zero attached hydrogens (tertiary/aromatic N) is 2. The molecule has 1 fully saturated rings. The lowest BCUT2D eigenvalue weighted by Crippen LogP contribution is -2.51. The van der Waals surface area contributed by atoms with Crippen molar-refractivity contribution in [2.45, 2.75) is 26.3 Å². The molecule has 1 saturated heterocycles. The normalized spacial score (nSPS) is 18.5. The van der Waals surface area contributed by atoms with E-state index < -0.39 is 0 Å². The van der Waals surface area contributed by atoms with Gasteiger partial charge in [0.2, 0.25) is 5.96 Å². The fourth-order valence-corrected chi connectivity index (χ4v) is 0.983. The first-order valence-electron chi connectivity index (χ1n) is 4.03. The third-order valence-electron chi connectivity index (χ3n) is 1.67. The molecule has 11 heavy (non-hydrogen) atoms. The second kappa shape index (κ2) is 3.57. The van der Waals surface area contributed by atoms with E-state index in [4.69, 9.17) is 5.84 Å². The third kappa shape index (κ3) is 2.08. The first kappa shape index (κ1) is 8.33. The Morgan fingerprint density at radius 1 is 1.55 bits per heavy atom. The highest BCUT2D eigenvalue weighted by molar-refractivity contribution is 5.80. The van der Waals surface area contributed by atoms with Gasteiger partial charge < -0.3 is 4.90 Å². The van der Waals surface area contributed by atoms with Crippen molar-refractivity contribution in [2.24, 2.45) is 10.8 Å². The topological polar surface area (TPSA) is 53.6 Å². The highest BCUT2D eigenvalue weighted by atomic mass is 15.4. The molecule has 0 aromatic carbocycles. The summed E-state index contributed by atoms with van der Waals surface area (Å²) in [7, 11) is 0. The van der Waals surface area contributed by atoms with Gasteiger partial charge in [0, 0.05) is 19.1 Å². The Labute approximate surface area is 67.4 Å². The van der Waals surface area contributed by atoms with Crippen molar-refractivity contribution < 1.29 is 0 Å². The van der Waals surface area contributed by atoms with Gasteiger partial charge in [-0.05, 0) is 20.3 Å². The summed E-state index contributed by atoms with van der Waals surface area (Å²) in [5, 5.41) is 0. The lowest BCUT2D eigenvalue weighted by Gasteiger charge is -2.33. The van der Waals surface area contributed by atoms with Gasteiger partial charge in [0.05, 0.1) is 0 Å². The number of nitrogens with one attached hydrogen (secondary N) is 1. The molecule has 0 aromatic rings. The van der Waals surface area contributed by atoms with E-state index in [2.05, 4.69) is 15.3 Å². The van der Waals surface area contributed by atoms with Crippen molar-refractivity contribution in [1.29, 1.82) is 0 Å². The van der Waals surface area contributed by atoms with Gasteiger partial charge in [-0.1, -0.05) is 0 Å². The predicted octanol–water partition coefficient (Wildman–Crippen LogP) is -0.0802. The summed E-state index contributed by atoms with van der Waals surface area (Å²) in [5.74, 6) is 6.13. The summed E-state index contributed by atoms with van der Waals surface area (Å²) in [6.07, 6.45) is 1.25. The molecular formula is C7H16N4. The molecule has 3 N–H and O–H groups in total. The van der Waals surface area contributed by atoms with Crippen molar-refractivity contribution in [2.75, 3.05) is 13.1 Å². The van der Waals surface area contributed by atoms with Crippen LogP contribution in [0.5, 0.6) is 0 Å². The van der Waals surface area contributed by atoms with E-state index in [0.717, 1.165) is 19.0 Å². The lowest BCUT2D eigenvalue weighted by molar-refractivity contribution is 0.288. The molecule has 0 saturated carbocycles. The predicted molar refractivity (Wildman–Crippen MR) is 46.1 cm³/mol. The number of aliphatic imine (C=N–C) groups is 1. The average Bonchev–Trinajstić information content (AvgIpc) is 1.81. The summed E-state index contributed by atoms with van der Waals surface area (Å²) >= 11 is 0. The van der Waals surface area contributed by atoms with Crippen LogP contribution in [0.15, 0.2) is 4.99 Å². The van der Waals surface area contributed by atoms with Crippen LogP contribution in [0.2, 0.25) is 0 Å². The van der Waals surface area contributed by atoms with Gasteiger partial charge in [0.15, 0.2) is 0 Å². The maximum Gasteiger partial charge on any atom is 0.208 e. The molecule has 0 spiro atoms. The second-order valence-corrected chi connectivity index (χ2v) is 3.03. The Kier molecular flexibility index (Phi) is 2.70. The van der Waals surface area contributed by atoms with E-state index in [1.807, 2.05) is 13.8 Å². The number of hydrazine groups is 1.